The predicted octanol–water partition coefficient (Wildman–Crippen LogP) is 2.39. The Labute approximate surface area is 121 Å². The molecular formula is C15H21NO3S. The van der Waals surface area contributed by atoms with Gasteiger partial charge in [-0.05, 0) is 38.3 Å². The Hall–Kier alpha value is -1.51. The molecule has 0 spiro atoms. The Morgan fingerprint density at radius 2 is 1.95 bits per heavy atom. The van der Waals surface area contributed by atoms with Gasteiger partial charge in [-0.3, -0.25) is 0 Å². The topological polar surface area (TPSA) is 55.4 Å². The molecule has 1 rings (SSSR count). The Kier molecular flexibility index (Phi) is 4.85. The lowest BCUT2D eigenvalue weighted by Gasteiger charge is -2.24. The summed E-state index contributed by atoms with van der Waals surface area (Å²) in [5.74, 6) is 3.03. The highest BCUT2D eigenvalue weighted by molar-refractivity contribution is 7.89. The molecule has 1 N–H and O–H groups in total. The lowest BCUT2D eigenvalue weighted by Crippen LogP contribution is -2.44. The molecule has 0 fully saturated rings. The van der Waals surface area contributed by atoms with Gasteiger partial charge in [0, 0.05) is 6.07 Å². The van der Waals surface area contributed by atoms with Gasteiger partial charge in [-0.1, -0.05) is 18.9 Å². The maximum Gasteiger partial charge on any atom is 0.242 e. The number of methoxy groups -OCH3 is 1. The molecule has 5 heteroatoms. The number of hydrogen-bond donors (Lipinski definition) is 1. The van der Waals surface area contributed by atoms with Gasteiger partial charge in [-0.2, -0.15) is 4.72 Å². The Balaban J connectivity index is 3.34. The maximum atomic E-state index is 12.5. The summed E-state index contributed by atoms with van der Waals surface area (Å²) in [6.07, 6.45) is 5.92. The summed E-state index contributed by atoms with van der Waals surface area (Å²) >= 11 is 0. The summed E-state index contributed by atoms with van der Waals surface area (Å²) in [5.41, 5.74) is 0.647. The molecule has 1 aromatic carbocycles. The molecule has 0 bridgehead atoms. The fourth-order valence-electron chi connectivity index (χ4n) is 1.88. The van der Waals surface area contributed by atoms with Crippen LogP contribution in [0.25, 0.3) is 0 Å². The minimum atomic E-state index is -3.69. The van der Waals surface area contributed by atoms with Crippen LogP contribution in [-0.2, 0) is 10.0 Å². The number of rotatable bonds is 5. The molecule has 110 valence electrons. The largest absolute Gasteiger partial charge is 0.496 e. The third-order valence-corrected chi connectivity index (χ3v) is 5.11. The van der Waals surface area contributed by atoms with E-state index in [9.17, 15) is 8.42 Å². The van der Waals surface area contributed by atoms with E-state index < -0.39 is 15.6 Å². The minimum Gasteiger partial charge on any atom is -0.496 e. The van der Waals surface area contributed by atoms with Gasteiger partial charge in [-0.15, -0.1) is 6.42 Å². The number of nitrogens with one attached hydrogen (secondary N) is 1. The molecule has 0 amide bonds. The number of terminal acetylenes is 1. The van der Waals surface area contributed by atoms with E-state index in [1.807, 2.05) is 13.8 Å². The normalized spacial score (nSPS) is 14.4. The molecule has 0 unspecified atom stereocenters. The van der Waals surface area contributed by atoms with Gasteiger partial charge in [0.15, 0.2) is 0 Å². The van der Waals surface area contributed by atoms with Crippen molar-refractivity contribution in [1.82, 2.24) is 4.72 Å². The number of hydrogen-bond acceptors (Lipinski definition) is 3. The average Bonchev–Trinajstić information content (AvgIpc) is 2.38. The maximum absolute atomic E-state index is 12.5. The SMILES string of the molecule is C#C[C@@](C)(CC)NS(=O)(=O)c1cc(OC)c(C)cc1C. The lowest BCUT2D eigenvalue weighted by molar-refractivity contribution is 0.410. The van der Waals surface area contributed by atoms with Crippen molar-refractivity contribution in [2.75, 3.05) is 7.11 Å². The zero-order valence-corrected chi connectivity index (χ0v) is 13.4. The van der Waals surface area contributed by atoms with Crippen molar-refractivity contribution in [2.24, 2.45) is 0 Å². The Morgan fingerprint density at radius 1 is 1.35 bits per heavy atom. The van der Waals surface area contributed by atoms with Gasteiger partial charge in [0.2, 0.25) is 10.0 Å². The van der Waals surface area contributed by atoms with Crippen LogP contribution in [0.5, 0.6) is 5.75 Å². The van der Waals surface area contributed by atoms with Gasteiger partial charge in [0.05, 0.1) is 17.5 Å². The summed E-state index contributed by atoms with van der Waals surface area (Å²) < 4.78 is 32.8. The van der Waals surface area contributed by atoms with E-state index >= 15 is 0 Å². The highest BCUT2D eigenvalue weighted by Gasteiger charge is 2.28. The second-order valence-corrected chi connectivity index (χ2v) is 6.67. The molecule has 0 saturated carbocycles. The fraction of sp³-hybridized carbons (Fsp3) is 0.467. The monoisotopic (exact) mass is 295 g/mol. The number of sulfonamides is 1. The van der Waals surface area contributed by atoms with Gasteiger partial charge in [-0.25, -0.2) is 8.42 Å². The van der Waals surface area contributed by atoms with Crippen molar-refractivity contribution < 1.29 is 13.2 Å². The van der Waals surface area contributed by atoms with Crippen molar-refractivity contribution in [1.29, 1.82) is 0 Å². The molecule has 0 aliphatic carbocycles. The minimum absolute atomic E-state index is 0.190. The van der Waals surface area contributed by atoms with Crippen LogP contribution >= 0.6 is 0 Å². The fourth-order valence-corrected chi connectivity index (χ4v) is 3.53. The van der Waals surface area contributed by atoms with E-state index in [0.29, 0.717) is 17.7 Å². The second-order valence-electron chi connectivity index (χ2n) is 5.02. The summed E-state index contributed by atoms with van der Waals surface area (Å²) in [4.78, 5) is 0.190. The van der Waals surface area contributed by atoms with Crippen molar-refractivity contribution >= 4 is 10.0 Å². The van der Waals surface area contributed by atoms with E-state index in [1.165, 1.54) is 13.2 Å². The van der Waals surface area contributed by atoms with Gasteiger partial charge >= 0.3 is 0 Å². The molecule has 0 aliphatic rings. The summed E-state index contributed by atoms with van der Waals surface area (Å²) in [6.45, 7) is 7.14. The zero-order valence-electron chi connectivity index (χ0n) is 12.6. The lowest BCUT2D eigenvalue weighted by atomic mass is 10.0. The molecule has 0 aliphatic heterocycles. The average molecular weight is 295 g/mol. The van der Waals surface area contributed by atoms with E-state index in [4.69, 9.17) is 11.2 Å². The second kappa shape index (κ2) is 5.86. The molecule has 0 heterocycles. The van der Waals surface area contributed by atoms with Crippen molar-refractivity contribution in [3.05, 3.63) is 23.3 Å². The van der Waals surface area contributed by atoms with E-state index in [0.717, 1.165) is 5.56 Å². The van der Waals surface area contributed by atoms with Crippen LogP contribution in [0.15, 0.2) is 17.0 Å². The van der Waals surface area contributed by atoms with Crippen molar-refractivity contribution in [3.63, 3.8) is 0 Å². The third-order valence-electron chi connectivity index (χ3n) is 3.37. The predicted molar refractivity (Wildman–Crippen MR) is 80.3 cm³/mol. The Bertz CT molecular complexity index is 644. The molecule has 4 nitrogen and oxygen atoms in total. The molecule has 1 aromatic rings. The first kappa shape index (κ1) is 16.5. The van der Waals surface area contributed by atoms with Gasteiger partial charge in [0.25, 0.3) is 0 Å². The standard InChI is InChI=1S/C15H21NO3S/c1-7-15(5,8-2)16-20(17,18)14-10-13(19-6)11(3)9-12(14)4/h1,9-10,16H,8H2,2-6H3/t15-/m0/s1. The van der Waals surface area contributed by atoms with Crippen LogP contribution in [0.1, 0.15) is 31.4 Å². The zero-order chi connectivity index (χ0) is 15.6. The molecule has 20 heavy (non-hydrogen) atoms. The highest BCUT2D eigenvalue weighted by atomic mass is 32.2. The van der Waals surface area contributed by atoms with Crippen LogP contribution in [0.3, 0.4) is 0 Å². The first-order valence-electron chi connectivity index (χ1n) is 6.36. The highest BCUT2D eigenvalue weighted by Crippen LogP contribution is 2.26. The van der Waals surface area contributed by atoms with Crippen LogP contribution in [0.2, 0.25) is 0 Å². The van der Waals surface area contributed by atoms with E-state index in [-0.39, 0.29) is 4.90 Å². The number of ether oxygens (including phenoxy) is 1. The van der Waals surface area contributed by atoms with Crippen LogP contribution in [-0.4, -0.2) is 21.1 Å². The summed E-state index contributed by atoms with van der Waals surface area (Å²) in [5, 5.41) is 0. The summed E-state index contributed by atoms with van der Waals surface area (Å²) in [6, 6.07) is 3.31. The third kappa shape index (κ3) is 3.33. The van der Waals surface area contributed by atoms with E-state index in [1.54, 1.807) is 19.9 Å². The number of aryl methyl sites for hydroxylation is 2. The molecule has 1 atom stereocenters. The van der Waals surface area contributed by atoms with Crippen LogP contribution in [0.4, 0.5) is 0 Å². The number of benzene rings is 1. The molecular weight excluding hydrogens is 274 g/mol. The van der Waals surface area contributed by atoms with Gasteiger partial charge < -0.3 is 4.74 Å². The molecule has 0 saturated heterocycles. The molecule has 0 aromatic heterocycles. The van der Waals surface area contributed by atoms with E-state index in [2.05, 4.69) is 10.6 Å². The first-order valence-corrected chi connectivity index (χ1v) is 7.84. The first-order chi connectivity index (χ1) is 9.19. The quantitative estimate of drug-likeness (QED) is 0.849. The van der Waals surface area contributed by atoms with Crippen molar-refractivity contribution in [3.8, 4) is 18.1 Å². The van der Waals surface area contributed by atoms with Crippen LogP contribution < -0.4 is 9.46 Å². The smallest absolute Gasteiger partial charge is 0.242 e. The Morgan fingerprint density at radius 3 is 2.40 bits per heavy atom. The summed E-state index contributed by atoms with van der Waals surface area (Å²) in [7, 11) is -2.18. The van der Waals surface area contributed by atoms with Crippen molar-refractivity contribution in [2.45, 2.75) is 44.6 Å². The van der Waals surface area contributed by atoms with Crippen LogP contribution in [0, 0.1) is 26.2 Å². The van der Waals surface area contributed by atoms with Gasteiger partial charge in [0.1, 0.15) is 5.75 Å². The molecule has 0 radical (unpaired) electrons.